The number of hydrogen-bond donors (Lipinski definition) is 1. The number of piperazine rings is 1. The molecule has 1 amide bonds. The van der Waals surface area contributed by atoms with Gasteiger partial charge in [0.25, 0.3) is 0 Å². The zero-order valence-corrected chi connectivity index (χ0v) is 12.3. The minimum Gasteiger partial charge on any atom is -0.337 e. The van der Waals surface area contributed by atoms with Gasteiger partial charge in [-0.1, -0.05) is 6.07 Å². The Morgan fingerprint density at radius 2 is 2.10 bits per heavy atom. The molecule has 2 rings (SSSR count). The highest BCUT2D eigenvalue weighted by Gasteiger charge is 2.27. The third-order valence-electron chi connectivity index (χ3n) is 3.60. The molecule has 3 nitrogen and oxygen atoms in total. The van der Waals surface area contributed by atoms with Crippen molar-refractivity contribution in [2.75, 3.05) is 19.6 Å². The summed E-state index contributed by atoms with van der Waals surface area (Å²) in [5.41, 5.74) is 0.509. The molecule has 0 aliphatic carbocycles. The number of halogens is 3. The monoisotopic (exact) mass is 304 g/mol. The summed E-state index contributed by atoms with van der Waals surface area (Å²) in [7, 11) is 0. The Hall–Kier alpha value is -1.20. The molecule has 112 valence electrons. The van der Waals surface area contributed by atoms with E-state index in [9.17, 15) is 13.6 Å². The van der Waals surface area contributed by atoms with E-state index in [1.807, 2.05) is 6.92 Å². The summed E-state index contributed by atoms with van der Waals surface area (Å²) < 4.78 is 26.1. The fourth-order valence-electron chi connectivity index (χ4n) is 2.34. The molecule has 1 N–H and O–H groups in total. The maximum Gasteiger partial charge on any atom is 0.230 e. The lowest BCUT2D eigenvalue weighted by molar-refractivity contribution is -0.135. The number of nitrogens with zero attached hydrogens (tertiary/aromatic N) is 1. The van der Waals surface area contributed by atoms with Gasteiger partial charge in [-0.2, -0.15) is 0 Å². The van der Waals surface area contributed by atoms with Crippen molar-refractivity contribution in [3.63, 3.8) is 0 Å². The van der Waals surface area contributed by atoms with Crippen molar-refractivity contribution < 1.29 is 13.6 Å². The molecule has 1 aliphatic rings. The van der Waals surface area contributed by atoms with Crippen molar-refractivity contribution in [1.29, 1.82) is 0 Å². The molecule has 1 fully saturated rings. The smallest absolute Gasteiger partial charge is 0.230 e. The molecule has 0 aromatic heterocycles. The maximum absolute atomic E-state index is 13.2. The van der Waals surface area contributed by atoms with Crippen LogP contribution in [0.3, 0.4) is 0 Å². The van der Waals surface area contributed by atoms with Gasteiger partial charge in [-0.3, -0.25) is 4.79 Å². The number of hydrogen-bond acceptors (Lipinski definition) is 2. The Morgan fingerprint density at radius 3 is 2.70 bits per heavy atom. The highest BCUT2D eigenvalue weighted by molar-refractivity contribution is 5.85. The van der Waals surface area contributed by atoms with Crippen molar-refractivity contribution in [1.82, 2.24) is 10.2 Å². The van der Waals surface area contributed by atoms with Crippen molar-refractivity contribution >= 4 is 18.3 Å². The van der Waals surface area contributed by atoms with Crippen LogP contribution < -0.4 is 5.32 Å². The summed E-state index contributed by atoms with van der Waals surface area (Å²) in [5.74, 6) is -2.31. The van der Waals surface area contributed by atoms with E-state index in [1.54, 1.807) is 11.8 Å². The molecule has 0 saturated carbocycles. The molecular weight excluding hydrogens is 286 g/mol. The fourth-order valence-corrected chi connectivity index (χ4v) is 2.34. The van der Waals surface area contributed by atoms with E-state index in [0.717, 1.165) is 25.2 Å². The minimum atomic E-state index is -0.912. The van der Waals surface area contributed by atoms with Crippen LogP contribution in [0.25, 0.3) is 0 Å². The quantitative estimate of drug-likeness (QED) is 0.909. The minimum absolute atomic E-state index is 0. The molecule has 6 heteroatoms. The van der Waals surface area contributed by atoms with Crippen LogP contribution in [0.5, 0.6) is 0 Å². The van der Waals surface area contributed by atoms with Gasteiger partial charge in [0, 0.05) is 25.7 Å². The second-order valence-corrected chi connectivity index (χ2v) is 4.98. The number of rotatable bonds is 2. The van der Waals surface area contributed by atoms with Crippen molar-refractivity contribution in [3.05, 3.63) is 35.4 Å². The van der Waals surface area contributed by atoms with Crippen LogP contribution in [0.15, 0.2) is 18.2 Å². The van der Waals surface area contributed by atoms with Crippen molar-refractivity contribution in [3.8, 4) is 0 Å². The van der Waals surface area contributed by atoms with E-state index >= 15 is 0 Å². The maximum atomic E-state index is 13.2. The molecule has 1 aromatic rings. The van der Waals surface area contributed by atoms with E-state index in [2.05, 4.69) is 5.32 Å². The lowest BCUT2D eigenvalue weighted by Gasteiger charge is -2.35. The number of amides is 1. The van der Waals surface area contributed by atoms with Gasteiger partial charge in [0.15, 0.2) is 11.6 Å². The van der Waals surface area contributed by atoms with E-state index in [1.165, 1.54) is 6.07 Å². The normalized spacial score (nSPS) is 20.2. The Labute approximate surface area is 123 Å². The average molecular weight is 305 g/mol. The van der Waals surface area contributed by atoms with Crippen LogP contribution in [0.4, 0.5) is 8.78 Å². The van der Waals surface area contributed by atoms with E-state index < -0.39 is 17.6 Å². The lowest BCUT2D eigenvalue weighted by Crippen LogP contribution is -2.53. The standard InChI is InChI=1S/C14H18F2N2O.ClH/c1-9-8-17-5-6-18(9)14(19)10(2)11-3-4-12(15)13(16)7-11;/h3-4,7,9-10,17H,5-6,8H2,1-2H3;1H/t9-,10?;/m0./s1. The Morgan fingerprint density at radius 1 is 1.40 bits per heavy atom. The largest absolute Gasteiger partial charge is 0.337 e. The highest BCUT2D eigenvalue weighted by Crippen LogP contribution is 2.21. The van der Waals surface area contributed by atoms with Gasteiger partial charge < -0.3 is 10.2 Å². The molecule has 1 unspecified atom stereocenters. The molecule has 2 atom stereocenters. The zero-order valence-electron chi connectivity index (χ0n) is 11.5. The molecule has 1 saturated heterocycles. The Kier molecular flexibility index (Phi) is 5.89. The zero-order chi connectivity index (χ0) is 14.0. The summed E-state index contributed by atoms with van der Waals surface area (Å²) >= 11 is 0. The van der Waals surface area contributed by atoms with Crippen molar-refractivity contribution in [2.24, 2.45) is 0 Å². The molecule has 0 spiro atoms. The van der Waals surface area contributed by atoms with Crippen LogP contribution in [-0.4, -0.2) is 36.5 Å². The number of nitrogens with one attached hydrogen (secondary N) is 1. The van der Waals surface area contributed by atoms with Crippen LogP contribution >= 0.6 is 12.4 Å². The lowest BCUT2D eigenvalue weighted by atomic mass is 9.98. The SMILES string of the molecule is CC(C(=O)N1CCNC[C@@H]1C)c1ccc(F)c(F)c1.Cl. The van der Waals surface area contributed by atoms with Crippen LogP contribution in [0.1, 0.15) is 25.3 Å². The molecule has 1 aliphatic heterocycles. The highest BCUT2D eigenvalue weighted by atomic mass is 35.5. The van der Waals surface area contributed by atoms with Gasteiger partial charge in [-0.15, -0.1) is 12.4 Å². The van der Waals surface area contributed by atoms with E-state index in [-0.39, 0.29) is 24.4 Å². The van der Waals surface area contributed by atoms with Gasteiger partial charge in [-0.25, -0.2) is 8.78 Å². The van der Waals surface area contributed by atoms with E-state index in [4.69, 9.17) is 0 Å². The third kappa shape index (κ3) is 3.46. The average Bonchev–Trinajstić information content (AvgIpc) is 2.41. The first-order valence-electron chi connectivity index (χ1n) is 6.47. The van der Waals surface area contributed by atoms with Gasteiger partial charge in [0.2, 0.25) is 5.91 Å². The molecular formula is C14H19ClF2N2O. The van der Waals surface area contributed by atoms with Gasteiger partial charge in [-0.05, 0) is 31.5 Å². The van der Waals surface area contributed by atoms with Gasteiger partial charge in [0.1, 0.15) is 0 Å². The molecule has 1 aromatic carbocycles. The van der Waals surface area contributed by atoms with E-state index in [0.29, 0.717) is 12.1 Å². The second-order valence-electron chi connectivity index (χ2n) is 4.98. The van der Waals surface area contributed by atoms with Crippen molar-refractivity contribution in [2.45, 2.75) is 25.8 Å². The van der Waals surface area contributed by atoms with Crippen LogP contribution in [0.2, 0.25) is 0 Å². The van der Waals surface area contributed by atoms with Gasteiger partial charge in [0.05, 0.1) is 5.92 Å². The first-order chi connectivity index (χ1) is 9.00. The second kappa shape index (κ2) is 6.99. The number of carbonyl (C=O) groups excluding carboxylic acids is 1. The fraction of sp³-hybridized carbons (Fsp3) is 0.500. The summed E-state index contributed by atoms with van der Waals surface area (Å²) in [5, 5.41) is 3.21. The van der Waals surface area contributed by atoms with Gasteiger partial charge >= 0.3 is 0 Å². The summed E-state index contributed by atoms with van der Waals surface area (Å²) in [6, 6.07) is 3.75. The topological polar surface area (TPSA) is 32.3 Å². The first-order valence-corrected chi connectivity index (χ1v) is 6.47. The molecule has 0 bridgehead atoms. The third-order valence-corrected chi connectivity index (χ3v) is 3.60. The predicted octanol–water partition coefficient (Wildman–Crippen LogP) is 2.31. The van der Waals surface area contributed by atoms with Crippen LogP contribution in [0, 0.1) is 11.6 Å². The number of benzene rings is 1. The summed E-state index contributed by atoms with van der Waals surface area (Å²) in [6.45, 7) is 5.87. The Bertz CT molecular complexity index is 484. The Balaban J connectivity index is 0.00000200. The number of carbonyl (C=O) groups is 1. The summed E-state index contributed by atoms with van der Waals surface area (Å²) in [4.78, 5) is 14.2. The summed E-state index contributed by atoms with van der Waals surface area (Å²) in [6.07, 6.45) is 0. The predicted molar refractivity (Wildman–Crippen MR) is 76.1 cm³/mol. The van der Waals surface area contributed by atoms with Crippen LogP contribution in [-0.2, 0) is 4.79 Å². The molecule has 20 heavy (non-hydrogen) atoms. The molecule has 0 radical (unpaired) electrons. The first kappa shape index (κ1) is 16.9. The molecule has 1 heterocycles.